The fourth-order valence-electron chi connectivity index (χ4n) is 4.74. The summed E-state index contributed by atoms with van der Waals surface area (Å²) in [5.74, 6) is 0.774. The molecule has 0 bridgehead atoms. The van der Waals surface area contributed by atoms with Crippen LogP contribution in [-0.4, -0.2) is 27.6 Å². The first-order valence-corrected chi connectivity index (χ1v) is 10.9. The number of pyridine rings is 1. The van der Waals surface area contributed by atoms with Crippen LogP contribution in [0.25, 0.3) is 22.4 Å². The average Bonchev–Trinajstić information content (AvgIpc) is 3.19. The topological polar surface area (TPSA) is 52.3 Å². The molecule has 1 aromatic carbocycles. The molecule has 0 saturated heterocycles. The van der Waals surface area contributed by atoms with Crippen molar-refractivity contribution < 1.29 is 4.74 Å². The summed E-state index contributed by atoms with van der Waals surface area (Å²) in [7, 11) is 1.69. The molecule has 1 aliphatic rings. The third-order valence-electron chi connectivity index (χ3n) is 6.23. The zero-order valence-corrected chi connectivity index (χ0v) is 19.7. The maximum absolute atomic E-state index is 12.6. The third-order valence-corrected chi connectivity index (χ3v) is 6.23. The molecule has 31 heavy (non-hydrogen) atoms. The lowest BCUT2D eigenvalue weighted by atomic mass is 9.83. The number of aryl methyl sites for hydroxylation is 1. The summed E-state index contributed by atoms with van der Waals surface area (Å²) in [5.41, 5.74) is 5.59. The molecule has 6 heteroatoms. The second kappa shape index (κ2) is 7.29. The molecular weight excluding hydrogens is 388 g/mol. The van der Waals surface area contributed by atoms with Crippen molar-refractivity contribution in [3.63, 3.8) is 0 Å². The van der Waals surface area contributed by atoms with E-state index >= 15 is 0 Å². The fraction of sp³-hybridized carbons (Fsp3) is 0.440. The molecule has 0 saturated carbocycles. The predicted molar refractivity (Wildman–Crippen MR) is 125 cm³/mol. The highest BCUT2D eigenvalue weighted by molar-refractivity contribution is 5.80. The average molecular weight is 421 g/mol. The fourth-order valence-corrected chi connectivity index (χ4v) is 4.74. The highest BCUT2D eigenvalue weighted by Gasteiger charge is 2.39. The standard InChI is InChI=1S/C25H32N4O2/c1-15(2)27-14-18(12-26-27)19-9-21-20(10-24(19)31-8)22-11-23(30)17(5)13-28(22)29(16(3)4)25(21,6)7/h9-16H,1-8H3. The van der Waals surface area contributed by atoms with Crippen molar-refractivity contribution in [1.82, 2.24) is 14.5 Å². The lowest BCUT2D eigenvalue weighted by molar-refractivity contribution is 0.335. The van der Waals surface area contributed by atoms with E-state index in [1.54, 1.807) is 13.2 Å². The first kappa shape index (κ1) is 21.2. The Bertz CT molecular complexity index is 1200. The van der Waals surface area contributed by atoms with Crippen LogP contribution in [0.2, 0.25) is 0 Å². The van der Waals surface area contributed by atoms with E-state index < -0.39 is 0 Å². The molecule has 0 fully saturated rings. The Morgan fingerprint density at radius 1 is 1.00 bits per heavy atom. The third kappa shape index (κ3) is 3.25. The van der Waals surface area contributed by atoms with Gasteiger partial charge in [-0.05, 0) is 66.2 Å². The zero-order valence-electron chi connectivity index (χ0n) is 19.7. The quantitative estimate of drug-likeness (QED) is 0.604. The van der Waals surface area contributed by atoms with E-state index in [2.05, 4.69) is 74.7 Å². The van der Waals surface area contributed by atoms with Crippen LogP contribution in [0.5, 0.6) is 5.75 Å². The predicted octanol–water partition coefficient (Wildman–Crippen LogP) is 4.87. The molecule has 2 aromatic heterocycles. The highest BCUT2D eigenvalue weighted by atomic mass is 16.5. The molecular formula is C25H32N4O2. The number of rotatable bonds is 4. The summed E-state index contributed by atoms with van der Waals surface area (Å²) >= 11 is 0. The molecule has 0 radical (unpaired) electrons. The van der Waals surface area contributed by atoms with Gasteiger partial charge in [-0.1, -0.05) is 0 Å². The molecule has 0 aliphatic carbocycles. The number of methoxy groups -OCH3 is 1. The molecule has 164 valence electrons. The van der Waals surface area contributed by atoms with E-state index in [1.165, 1.54) is 0 Å². The van der Waals surface area contributed by atoms with Crippen molar-refractivity contribution in [3.05, 3.63) is 58.1 Å². The Hall–Kier alpha value is -3.02. The normalized spacial score (nSPS) is 14.7. The lowest BCUT2D eigenvalue weighted by Crippen LogP contribution is -2.56. The first-order chi connectivity index (χ1) is 14.6. The van der Waals surface area contributed by atoms with Crippen molar-refractivity contribution in [2.24, 2.45) is 0 Å². The van der Waals surface area contributed by atoms with Gasteiger partial charge in [0.2, 0.25) is 0 Å². The van der Waals surface area contributed by atoms with Gasteiger partial charge in [-0.15, -0.1) is 0 Å². The number of nitrogens with zero attached hydrogens (tertiary/aromatic N) is 4. The number of fused-ring (bicyclic) bond motifs is 3. The van der Waals surface area contributed by atoms with Crippen molar-refractivity contribution in [1.29, 1.82) is 0 Å². The van der Waals surface area contributed by atoms with Gasteiger partial charge in [-0.2, -0.15) is 5.10 Å². The van der Waals surface area contributed by atoms with Gasteiger partial charge in [0.15, 0.2) is 5.43 Å². The number of hydrogen-bond donors (Lipinski definition) is 0. The highest BCUT2D eigenvalue weighted by Crippen LogP contribution is 2.46. The Balaban J connectivity index is 2.03. The van der Waals surface area contributed by atoms with Crippen molar-refractivity contribution in [3.8, 4) is 28.1 Å². The van der Waals surface area contributed by atoms with Crippen LogP contribution in [0.3, 0.4) is 0 Å². The van der Waals surface area contributed by atoms with E-state index in [4.69, 9.17) is 4.74 Å². The first-order valence-electron chi connectivity index (χ1n) is 10.9. The van der Waals surface area contributed by atoms with Crippen molar-refractivity contribution in [2.45, 2.75) is 66.1 Å². The Morgan fingerprint density at radius 3 is 2.29 bits per heavy atom. The molecule has 1 aliphatic heterocycles. The lowest BCUT2D eigenvalue weighted by Gasteiger charge is -2.50. The van der Waals surface area contributed by atoms with Gasteiger partial charge in [-0.25, -0.2) is 0 Å². The molecule has 3 aromatic rings. The molecule has 0 spiro atoms. The van der Waals surface area contributed by atoms with Crippen LogP contribution in [0.15, 0.2) is 41.6 Å². The van der Waals surface area contributed by atoms with Crippen LogP contribution in [-0.2, 0) is 5.54 Å². The van der Waals surface area contributed by atoms with Crippen LogP contribution < -0.4 is 15.2 Å². The number of aromatic nitrogens is 3. The summed E-state index contributed by atoms with van der Waals surface area (Å²) < 4.78 is 9.90. The monoisotopic (exact) mass is 420 g/mol. The minimum absolute atomic E-state index is 0.0434. The maximum atomic E-state index is 12.6. The summed E-state index contributed by atoms with van der Waals surface area (Å²) in [5, 5.41) is 6.86. The van der Waals surface area contributed by atoms with E-state index in [0.29, 0.717) is 0 Å². The molecule has 0 unspecified atom stereocenters. The minimum atomic E-state index is -0.299. The van der Waals surface area contributed by atoms with Gasteiger partial charge in [0.1, 0.15) is 5.75 Å². The summed E-state index contributed by atoms with van der Waals surface area (Å²) in [6.45, 7) is 14.9. The Morgan fingerprint density at radius 2 is 1.71 bits per heavy atom. The number of ether oxygens (including phenoxy) is 1. The van der Waals surface area contributed by atoms with Gasteiger partial charge in [0.25, 0.3) is 0 Å². The van der Waals surface area contributed by atoms with E-state index in [0.717, 1.165) is 39.3 Å². The van der Waals surface area contributed by atoms with Gasteiger partial charge in [-0.3, -0.25) is 14.2 Å². The van der Waals surface area contributed by atoms with Gasteiger partial charge in [0.05, 0.1) is 24.5 Å². The summed E-state index contributed by atoms with van der Waals surface area (Å²) in [4.78, 5) is 12.6. The molecule has 0 atom stereocenters. The molecule has 0 amide bonds. The van der Waals surface area contributed by atoms with Crippen LogP contribution in [0.4, 0.5) is 0 Å². The second-order valence-corrected chi connectivity index (χ2v) is 9.45. The largest absolute Gasteiger partial charge is 0.496 e. The maximum Gasteiger partial charge on any atom is 0.185 e. The van der Waals surface area contributed by atoms with E-state index in [-0.39, 0.29) is 23.1 Å². The Labute approximate surface area is 184 Å². The summed E-state index contributed by atoms with van der Waals surface area (Å²) in [6.07, 6.45) is 5.91. The van der Waals surface area contributed by atoms with Gasteiger partial charge < -0.3 is 9.75 Å². The van der Waals surface area contributed by atoms with E-state index in [1.807, 2.05) is 24.0 Å². The number of hydrogen-bond acceptors (Lipinski definition) is 4. The number of benzene rings is 1. The SMILES string of the molecule is COc1cc2c(cc1-c1cnn(C(C)C)c1)C(C)(C)N(C(C)C)n1cc(C)c(=O)cc1-2. The molecule has 3 heterocycles. The van der Waals surface area contributed by atoms with Gasteiger partial charge in [0, 0.05) is 52.8 Å². The minimum Gasteiger partial charge on any atom is -0.496 e. The van der Waals surface area contributed by atoms with Crippen LogP contribution in [0.1, 0.15) is 58.7 Å². The second-order valence-electron chi connectivity index (χ2n) is 9.45. The molecule has 4 rings (SSSR count). The van der Waals surface area contributed by atoms with Gasteiger partial charge >= 0.3 is 0 Å². The van der Waals surface area contributed by atoms with Crippen molar-refractivity contribution >= 4 is 0 Å². The van der Waals surface area contributed by atoms with E-state index in [9.17, 15) is 4.79 Å². The zero-order chi connectivity index (χ0) is 22.7. The Kier molecular flexibility index (Phi) is 4.99. The smallest absolute Gasteiger partial charge is 0.185 e. The molecule has 0 N–H and O–H groups in total. The van der Waals surface area contributed by atoms with Crippen LogP contribution >= 0.6 is 0 Å². The summed E-state index contributed by atoms with van der Waals surface area (Å²) in [6, 6.07) is 6.54. The molecule has 6 nitrogen and oxygen atoms in total. The van der Waals surface area contributed by atoms with Crippen LogP contribution in [0, 0.1) is 6.92 Å². The van der Waals surface area contributed by atoms with Crippen molar-refractivity contribution in [2.75, 3.05) is 12.1 Å².